The highest BCUT2D eigenvalue weighted by atomic mass is 16.6. The Balaban J connectivity index is 1.58. The maximum atomic E-state index is 12.7. The van der Waals surface area contributed by atoms with Crippen LogP contribution in [0.3, 0.4) is 0 Å². The minimum Gasteiger partial charge on any atom is -0.458 e. The van der Waals surface area contributed by atoms with E-state index >= 15 is 0 Å². The summed E-state index contributed by atoms with van der Waals surface area (Å²) in [7, 11) is 0. The summed E-state index contributed by atoms with van der Waals surface area (Å²) >= 11 is 0. The zero-order valence-corrected chi connectivity index (χ0v) is 14.7. The fourth-order valence-corrected chi connectivity index (χ4v) is 6.76. The molecule has 2 heteroatoms. The van der Waals surface area contributed by atoms with E-state index < -0.39 is 0 Å². The third-order valence-electron chi connectivity index (χ3n) is 8.23. The highest BCUT2D eigenvalue weighted by Gasteiger charge is 2.67. The SMILES string of the molecule is CCC(C)(C)C(=O)O[C@@]1(CC)C[C@@H]2C[C@@H]1C1C3CCC(C3)C12. The summed E-state index contributed by atoms with van der Waals surface area (Å²) in [5.74, 6) is 5.40. The maximum Gasteiger partial charge on any atom is 0.312 e. The fourth-order valence-electron chi connectivity index (χ4n) is 6.76. The van der Waals surface area contributed by atoms with Crippen molar-refractivity contribution in [3.05, 3.63) is 0 Å². The number of fused-ring (bicyclic) bond motifs is 9. The maximum absolute atomic E-state index is 12.7. The molecule has 7 atom stereocenters. The summed E-state index contributed by atoms with van der Waals surface area (Å²) in [6, 6.07) is 0. The van der Waals surface area contributed by atoms with Gasteiger partial charge in [0.2, 0.25) is 0 Å². The third kappa shape index (κ3) is 1.82. The van der Waals surface area contributed by atoms with Gasteiger partial charge in [0.15, 0.2) is 0 Å². The minimum absolute atomic E-state index is 0.0455. The largest absolute Gasteiger partial charge is 0.458 e. The van der Waals surface area contributed by atoms with E-state index in [1.54, 1.807) is 0 Å². The van der Waals surface area contributed by atoms with Gasteiger partial charge in [-0.25, -0.2) is 0 Å². The Hall–Kier alpha value is -0.530. The molecule has 4 fully saturated rings. The van der Waals surface area contributed by atoms with Gasteiger partial charge in [0.05, 0.1) is 5.41 Å². The van der Waals surface area contributed by atoms with Crippen LogP contribution in [0.4, 0.5) is 0 Å². The van der Waals surface area contributed by atoms with Gasteiger partial charge in [0.25, 0.3) is 0 Å². The molecule has 0 spiro atoms. The first-order valence-corrected chi connectivity index (χ1v) is 9.65. The van der Waals surface area contributed by atoms with E-state index in [1.165, 1.54) is 25.7 Å². The highest BCUT2D eigenvalue weighted by molar-refractivity contribution is 5.76. The first-order valence-electron chi connectivity index (χ1n) is 9.65. The number of hydrogen-bond donors (Lipinski definition) is 0. The highest BCUT2D eigenvalue weighted by Crippen LogP contribution is 2.70. The molecule has 4 aliphatic rings. The Morgan fingerprint density at radius 1 is 1.09 bits per heavy atom. The predicted molar refractivity (Wildman–Crippen MR) is 87.2 cm³/mol. The molecule has 2 nitrogen and oxygen atoms in total. The van der Waals surface area contributed by atoms with Crippen LogP contribution in [0, 0.1) is 40.9 Å². The van der Waals surface area contributed by atoms with Crippen LogP contribution in [0.25, 0.3) is 0 Å². The zero-order valence-electron chi connectivity index (χ0n) is 14.7. The summed E-state index contributed by atoms with van der Waals surface area (Å²) < 4.78 is 6.31. The Kier molecular flexibility index (Phi) is 3.24. The Labute approximate surface area is 135 Å². The number of carbonyl (C=O) groups excluding carboxylic acids is 1. The smallest absolute Gasteiger partial charge is 0.312 e. The van der Waals surface area contributed by atoms with Gasteiger partial charge in [0.1, 0.15) is 5.60 Å². The van der Waals surface area contributed by atoms with Crippen molar-refractivity contribution in [2.75, 3.05) is 0 Å². The molecular weight excluding hydrogens is 272 g/mol. The van der Waals surface area contributed by atoms with Crippen molar-refractivity contribution in [3.8, 4) is 0 Å². The molecule has 0 aliphatic heterocycles. The molecule has 0 aromatic carbocycles. The van der Waals surface area contributed by atoms with Crippen molar-refractivity contribution in [3.63, 3.8) is 0 Å². The van der Waals surface area contributed by atoms with Crippen molar-refractivity contribution in [2.24, 2.45) is 40.9 Å². The molecule has 0 aromatic rings. The lowest BCUT2D eigenvalue weighted by Crippen LogP contribution is -2.49. The summed E-state index contributed by atoms with van der Waals surface area (Å²) in [4.78, 5) is 12.7. The van der Waals surface area contributed by atoms with Gasteiger partial charge in [-0.2, -0.15) is 0 Å². The molecule has 0 amide bonds. The molecule has 0 aromatic heterocycles. The fraction of sp³-hybridized carbons (Fsp3) is 0.950. The van der Waals surface area contributed by atoms with Crippen LogP contribution in [0.15, 0.2) is 0 Å². The second-order valence-electron chi connectivity index (χ2n) is 9.34. The van der Waals surface area contributed by atoms with E-state index in [-0.39, 0.29) is 17.0 Å². The van der Waals surface area contributed by atoms with Crippen LogP contribution in [0.5, 0.6) is 0 Å². The summed E-state index contributed by atoms with van der Waals surface area (Å²) in [6.45, 7) is 8.40. The van der Waals surface area contributed by atoms with E-state index in [4.69, 9.17) is 4.74 Å². The molecule has 22 heavy (non-hydrogen) atoms. The van der Waals surface area contributed by atoms with Crippen molar-refractivity contribution >= 4 is 5.97 Å². The van der Waals surface area contributed by atoms with Gasteiger partial charge in [0, 0.05) is 5.92 Å². The lowest BCUT2D eigenvalue weighted by Gasteiger charge is -2.46. The predicted octanol–water partition coefficient (Wildman–Crippen LogP) is 4.82. The molecule has 0 heterocycles. The molecule has 0 N–H and O–H groups in total. The lowest BCUT2D eigenvalue weighted by molar-refractivity contribution is -0.183. The number of hydrogen-bond acceptors (Lipinski definition) is 2. The third-order valence-corrected chi connectivity index (χ3v) is 8.23. The average molecular weight is 304 g/mol. The van der Waals surface area contributed by atoms with Gasteiger partial charge in [-0.1, -0.05) is 13.8 Å². The molecular formula is C20H32O2. The van der Waals surface area contributed by atoms with Crippen molar-refractivity contribution in [2.45, 2.75) is 78.2 Å². The molecule has 4 bridgehead atoms. The van der Waals surface area contributed by atoms with Gasteiger partial charge in [-0.15, -0.1) is 0 Å². The lowest BCUT2D eigenvalue weighted by atomic mass is 9.65. The van der Waals surface area contributed by atoms with Crippen LogP contribution in [-0.4, -0.2) is 11.6 Å². The molecule has 4 unspecified atom stereocenters. The van der Waals surface area contributed by atoms with Crippen molar-refractivity contribution in [1.29, 1.82) is 0 Å². The van der Waals surface area contributed by atoms with E-state index in [9.17, 15) is 4.79 Å². The topological polar surface area (TPSA) is 26.3 Å². The molecule has 4 aliphatic carbocycles. The standard InChI is InChI=1S/C20H32O2/c1-5-19(3,4)18(21)22-20(6-2)11-14-10-15(20)17-13-8-7-12(9-13)16(14)17/h12-17H,5-11H2,1-4H3/t12?,13?,14-,15+,16?,17?,20-/m0/s1. The van der Waals surface area contributed by atoms with Gasteiger partial charge < -0.3 is 4.74 Å². The van der Waals surface area contributed by atoms with Crippen molar-refractivity contribution in [1.82, 2.24) is 0 Å². The summed E-state index contributed by atoms with van der Waals surface area (Å²) in [6.07, 6.45) is 8.79. The first-order chi connectivity index (χ1) is 10.4. The molecule has 4 rings (SSSR count). The number of rotatable bonds is 4. The Morgan fingerprint density at radius 2 is 1.77 bits per heavy atom. The van der Waals surface area contributed by atoms with Crippen molar-refractivity contribution < 1.29 is 9.53 Å². The molecule has 0 radical (unpaired) electrons. The minimum atomic E-state index is -0.335. The second-order valence-corrected chi connectivity index (χ2v) is 9.34. The van der Waals surface area contributed by atoms with E-state index in [2.05, 4.69) is 13.8 Å². The van der Waals surface area contributed by atoms with Gasteiger partial charge >= 0.3 is 5.97 Å². The molecule has 4 saturated carbocycles. The second kappa shape index (κ2) is 4.74. The van der Waals surface area contributed by atoms with Crippen LogP contribution >= 0.6 is 0 Å². The van der Waals surface area contributed by atoms with Crippen LogP contribution in [0.1, 0.15) is 72.6 Å². The molecule has 0 saturated heterocycles. The van der Waals surface area contributed by atoms with Gasteiger partial charge in [-0.05, 0) is 88.4 Å². The normalized spacial score (nSPS) is 48.7. The number of ether oxygens (including phenoxy) is 1. The summed E-state index contributed by atoms with van der Waals surface area (Å²) in [5.41, 5.74) is -0.460. The number of carbonyl (C=O) groups is 1. The van der Waals surface area contributed by atoms with Crippen LogP contribution in [-0.2, 0) is 9.53 Å². The Morgan fingerprint density at radius 3 is 2.41 bits per heavy atom. The first kappa shape index (κ1) is 15.0. The number of esters is 1. The van der Waals surface area contributed by atoms with E-state index in [0.717, 1.165) is 48.9 Å². The molecule has 124 valence electrons. The quantitative estimate of drug-likeness (QED) is 0.550. The van der Waals surface area contributed by atoms with E-state index in [1.807, 2.05) is 13.8 Å². The van der Waals surface area contributed by atoms with E-state index in [0.29, 0.717) is 5.92 Å². The van der Waals surface area contributed by atoms with Crippen LogP contribution < -0.4 is 0 Å². The average Bonchev–Trinajstić information content (AvgIpc) is 3.24. The monoisotopic (exact) mass is 304 g/mol. The zero-order chi connectivity index (χ0) is 15.7. The van der Waals surface area contributed by atoms with Gasteiger partial charge in [-0.3, -0.25) is 4.79 Å². The Bertz CT molecular complexity index is 482. The summed E-state index contributed by atoms with van der Waals surface area (Å²) in [5, 5.41) is 0. The van der Waals surface area contributed by atoms with Crippen LogP contribution in [0.2, 0.25) is 0 Å².